The van der Waals surface area contributed by atoms with Crippen molar-refractivity contribution < 1.29 is 4.92 Å². The van der Waals surface area contributed by atoms with Crippen LogP contribution < -0.4 is 16.6 Å². The van der Waals surface area contributed by atoms with Crippen molar-refractivity contribution in [3.05, 3.63) is 52.2 Å². The molecule has 1 aromatic heterocycles. The van der Waals surface area contributed by atoms with Gasteiger partial charge in [-0.05, 0) is 12.0 Å². The van der Waals surface area contributed by atoms with E-state index in [1.807, 2.05) is 30.3 Å². The lowest BCUT2D eigenvalue weighted by molar-refractivity contribution is -0.384. The fourth-order valence-electron chi connectivity index (χ4n) is 1.68. The molecule has 8 heteroatoms. The van der Waals surface area contributed by atoms with Crippen LogP contribution in [-0.2, 0) is 6.42 Å². The van der Waals surface area contributed by atoms with Crippen LogP contribution in [0.3, 0.4) is 0 Å². The number of aromatic nitrogens is 2. The maximum absolute atomic E-state index is 10.9. The zero-order chi connectivity index (χ0) is 14.4. The summed E-state index contributed by atoms with van der Waals surface area (Å²) < 4.78 is 0. The average molecular weight is 274 g/mol. The van der Waals surface area contributed by atoms with E-state index in [2.05, 4.69) is 20.7 Å². The Kier molecular flexibility index (Phi) is 4.40. The first-order valence-corrected chi connectivity index (χ1v) is 5.96. The molecule has 0 bridgehead atoms. The molecule has 0 radical (unpaired) electrons. The van der Waals surface area contributed by atoms with Crippen LogP contribution in [-0.4, -0.2) is 21.4 Å². The topological polar surface area (TPSA) is 119 Å². The highest BCUT2D eigenvalue weighted by atomic mass is 16.6. The molecule has 0 amide bonds. The number of nitrogens with one attached hydrogen (secondary N) is 2. The number of nitro groups is 1. The summed E-state index contributed by atoms with van der Waals surface area (Å²) in [6.07, 6.45) is 1.85. The van der Waals surface area contributed by atoms with E-state index in [9.17, 15) is 10.1 Å². The van der Waals surface area contributed by atoms with E-state index in [0.29, 0.717) is 6.54 Å². The standard InChI is InChI=1S/C12H14N6O2/c13-17-12-15-8-10(18(19)20)11(16-12)14-7-6-9-4-2-1-3-5-9/h1-5,8H,6-7,13H2,(H2,14,15,16,17). The molecule has 0 spiro atoms. The molecular weight excluding hydrogens is 260 g/mol. The van der Waals surface area contributed by atoms with Crippen molar-refractivity contribution in [3.8, 4) is 0 Å². The summed E-state index contributed by atoms with van der Waals surface area (Å²) in [6, 6.07) is 9.80. The van der Waals surface area contributed by atoms with Crippen LogP contribution in [0, 0.1) is 10.1 Å². The second-order valence-electron chi connectivity index (χ2n) is 3.99. The Hall–Kier alpha value is -2.74. The number of nitrogens with zero attached hydrogens (tertiary/aromatic N) is 3. The SMILES string of the molecule is NNc1ncc([N+](=O)[O-])c(NCCc2ccccc2)n1. The van der Waals surface area contributed by atoms with Gasteiger partial charge in [-0.3, -0.25) is 15.5 Å². The average Bonchev–Trinajstić information content (AvgIpc) is 2.48. The molecule has 104 valence electrons. The van der Waals surface area contributed by atoms with Gasteiger partial charge in [-0.2, -0.15) is 4.98 Å². The van der Waals surface area contributed by atoms with Crippen LogP contribution in [0.15, 0.2) is 36.5 Å². The van der Waals surface area contributed by atoms with Gasteiger partial charge in [0.05, 0.1) is 4.92 Å². The number of rotatable bonds is 6. The Morgan fingerprint density at radius 2 is 2.05 bits per heavy atom. The van der Waals surface area contributed by atoms with Crippen LogP contribution in [0.5, 0.6) is 0 Å². The van der Waals surface area contributed by atoms with E-state index in [1.54, 1.807) is 0 Å². The van der Waals surface area contributed by atoms with Gasteiger partial charge in [0.1, 0.15) is 6.20 Å². The van der Waals surface area contributed by atoms with E-state index in [1.165, 1.54) is 0 Å². The number of hydrogen-bond acceptors (Lipinski definition) is 7. The van der Waals surface area contributed by atoms with Crippen molar-refractivity contribution in [3.63, 3.8) is 0 Å². The third kappa shape index (κ3) is 3.39. The number of nitrogen functional groups attached to an aromatic ring is 1. The Morgan fingerprint density at radius 3 is 2.70 bits per heavy atom. The third-order valence-electron chi connectivity index (χ3n) is 2.64. The number of anilines is 2. The quantitative estimate of drug-likeness (QED) is 0.413. The van der Waals surface area contributed by atoms with Gasteiger partial charge in [0.2, 0.25) is 11.8 Å². The molecule has 0 unspecified atom stereocenters. The number of benzene rings is 1. The fraction of sp³-hybridized carbons (Fsp3) is 0.167. The smallest absolute Gasteiger partial charge is 0.329 e. The highest BCUT2D eigenvalue weighted by Gasteiger charge is 2.16. The number of hydrazine groups is 1. The normalized spacial score (nSPS) is 10.1. The summed E-state index contributed by atoms with van der Waals surface area (Å²) in [5, 5.41) is 13.8. The zero-order valence-corrected chi connectivity index (χ0v) is 10.6. The summed E-state index contributed by atoms with van der Waals surface area (Å²) in [7, 11) is 0. The number of hydrogen-bond donors (Lipinski definition) is 3. The first-order valence-electron chi connectivity index (χ1n) is 5.96. The molecule has 1 aromatic carbocycles. The Balaban J connectivity index is 2.06. The monoisotopic (exact) mass is 274 g/mol. The van der Waals surface area contributed by atoms with Gasteiger partial charge in [-0.25, -0.2) is 10.8 Å². The van der Waals surface area contributed by atoms with E-state index in [0.717, 1.165) is 18.2 Å². The largest absolute Gasteiger partial charge is 0.364 e. The van der Waals surface area contributed by atoms with Crippen molar-refractivity contribution in [1.82, 2.24) is 9.97 Å². The maximum atomic E-state index is 10.9. The van der Waals surface area contributed by atoms with E-state index in [4.69, 9.17) is 5.84 Å². The molecule has 0 saturated heterocycles. The molecule has 0 atom stereocenters. The van der Waals surface area contributed by atoms with E-state index < -0.39 is 4.92 Å². The molecule has 0 aliphatic heterocycles. The Morgan fingerprint density at radius 1 is 1.30 bits per heavy atom. The summed E-state index contributed by atoms with van der Waals surface area (Å²) in [5.41, 5.74) is 3.21. The molecule has 2 aromatic rings. The van der Waals surface area contributed by atoms with Crippen LogP contribution in [0.2, 0.25) is 0 Å². The summed E-state index contributed by atoms with van der Waals surface area (Å²) in [4.78, 5) is 18.0. The van der Waals surface area contributed by atoms with Crippen LogP contribution in [0.4, 0.5) is 17.5 Å². The van der Waals surface area contributed by atoms with Crippen molar-refractivity contribution in [2.75, 3.05) is 17.3 Å². The molecular formula is C12H14N6O2. The Labute approximate surface area is 115 Å². The molecule has 0 aliphatic rings. The maximum Gasteiger partial charge on any atom is 0.329 e. The number of nitrogens with two attached hydrogens (primary N) is 1. The molecule has 0 fully saturated rings. The van der Waals surface area contributed by atoms with Crippen molar-refractivity contribution in [2.45, 2.75) is 6.42 Å². The molecule has 2 rings (SSSR count). The second-order valence-corrected chi connectivity index (χ2v) is 3.99. The summed E-state index contributed by atoms with van der Waals surface area (Å²) in [5.74, 6) is 5.46. The van der Waals surface area contributed by atoms with Gasteiger partial charge >= 0.3 is 5.69 Å². The molecule has 0 saturated carbocycles. The molecule has 8 nitrogen and oxygen atoms in total. The lowest BCUT2D eigenvalue weighted by atomic mass is 10.1. The zero-order valence-electron chi connectivity index (χ0n) is 10.6. The van der Waals surface area contributed by atoms with Crippen molar-refractivity contribution in [1.29, 1.82) is 0 Å². The molecule has 1 heterocycles. The van der Waals surface area contributed by atoms with E-state index >= 15 is 0 Å². The van der Waals surface area contributed by atoms with Gasteiger partial charge < -0.3 is 5.32 Å². The van der Waals surface area contributed by atoms with Crippen LogP contribution in [0.25, 0.3) is 0 Å². The Bertz CT molecular complexity index is 590. The van der Waals surface area contributed by atoms with Gasteiger partial charge in [0, 0.05) is 6.54 Å². The molecule has 0 aliphatic carbocycles. The second kappa shape index (κ2) is 6.43. The van der Waals surface area contributed by atoms with E-state index in [-0.39, 0.29) is 17.5 Å². The molecule has 20 heavy (non-hydrogen) atoms. The summed E-state index contributed by atoms with van der Waals surface area (Å²) in [6.45, 7) is 0.520. The van der Waals surface area contributed by atoms with Crippen molar-refractivity contribution >= 4 is 17.5 Å². The van der Waals surface area contributed by atoms with Gasteiger partial charge in [-0.1, -0.05) is 30.3 Å². The van der Waals surface area contributed by atoms with Gasteiger partial charge in [0.25, 0.3) is 0 Å². The van der Waals surface area contributed by atoms with Gasteiger partial charge in [0.15, 0.2) is 0 Å². The third-order valence-corrected chi connectivity index (χ3v) is 2.64. The predicted octanol–water partition coefficient (Wildman–Crippen LogP) is 1.32. The highest BCUT2D eigenvalue weighted by molar-refractivity contribution is 5.56. The predicted molar refractivity (Wildman–Crippen MR) is 75.1 cm³/mol. The van der Waals surface area contributed by atoms with Gasteiger partial charge in [-0.15, -0.1) is 0 Å². The minimum absolute atomic E-state index is 0.123. The first kappa shape index (κ1) is 13.7. The first-order chi connectivity index (χ1) is 9.70. The lowest BCUT2D eigenvalue weighted by Gasteiger charge is -2.07. The summed E-state index contributed by atoms with van der Waals surface area (Å²) >= 11 is 0. The van der Waals surface area contributed by atoms with Crippen molar-refractivity contribution in [2.24, 2.45) is 5.84 Å². The van der Waals surface area contributed by atoms with Crippen LogP contribution >= 0.6 is 0 Å². The molecule has 4 N–H and O–H groups in total. The van der Waals surface area contributed by atoms with Crippen LogP contribution in [0.1, 0.15) is 5.56 Å². The highest BCUT2D eigenvalue weighted by Crippen LogP contribution is 2.21. The fourth-order valence-corrected chi connectivity index (χ4v) is 1.68. The minimum Gasteiger partial charge on any atom is -0.364 e. The minimum atomic E-state index is -0.537. The lowest BCUT2D eigenvalue weighted by Crippen LogP contribution is -2.14.